The van der Waals surface area contributed by atoms with E-state index in [2.05, 4.69) is 10.3 Å². The molecule has 1 aliphatic heterocycles. The Bertz CT molecular complexity index is 1100. The van der Waals surface area contributed by atoms with Crippen molar-refractivity contribution in [3.63, 3.8) is 0 Å². The van der Waals surface area contributed by atoms with Gasteiger partial charge >= 0.3 is 6.09 Å². The summed E-state index contributed by atoms with van der Waals surface area (Å²) in [6.07, 6.45) is 1.10. The average molecular weight is 462 g/mol. The molecule has 2 amide bonds. The molecule has 0 spiro atoms. The van der Waals surface area contributed by atoms with Crippen LogP contribution in [0, 0.1) is 0 Å². The minimum Gasteiger partial charge on any atom is -0.465 e. The van der Waals surface area contributed by atoms with Crippen molar-refractivity contribution >= 4 is 21.8 Å². The highest BCUT2D eigenvalue weighted by atomic mass is 32.2. The Morgan fingerprint density at radius 2 is 2.00 bits per heavy atom. The van der Waals surface area contributed by atoms with Crippen LogP contribution in [0.4, 0.5) is 4.79 Å². The van der Waals surface area contributed by atoms with Crippen LogP contribution in [-0.2, 0) is 16.4 Å². The third-order valence-corrected chi connectivity index (χ3v) is 7.41. The van der Waals surface area contributed by atoms with Crippen molar-refractivity contribution in [2.24, 2.45) is 0 Å². The number of carboxylic acid groups (broad SMARTS) is 1. The van der Waals surface area contributed by atoms with E-state index in [1.807, 2.05) is 6.92 Å². The fourth-order valence-electron chi connectivity index (χ4n) is 3.93. The lowest BCUT2D eigenvalue weighted by molar-refractivity contribution is 0.0928. The van der Waals surface area contributed by atoms with E-state index >= 15 is 0 Å². The third kappa shape index (κ3) is 4.76. The number of rotatable bonds is 8. The Balaban J connectivity index is 1.80. The van der Waals surface area contributed by atoms with Gasteiger partial charge in [-0.3, -0.25) is 14.7 Å². The largest absolute Gasteiger partial charge is 0.465 e. The number of nitrogens with one attached hydrogen (secondary N) is 1. The summed E-state index contributed by atoms with van der Waals surface area (Å²) in [7, 11) is -3.39. The Morgan fingerprint density at radius 3 is 2.56 bits per heavy atom. The van der Waals surface area contributed by atoms with E-state index in [0.29, 0.717) is 17.7 Å². The second-order valence-electron chi connectivity index (χ2n) is 7.61. The molecule has 1 aromatic carbocycles. The number of carbonyl (C=O) groups is 2. The van der Waals surface area contributed by atoms with E-state index in [1.165, 1.54) is 23.2 Å². The van der Waals surface area contributed by atoms with Crippen molar-refractivity contribution in [1.82, 2.24) is 15.2 Å². The number of aliphatic hydroxyl groups excluding tert-OH is 1. The van der Waals surface area contributed by atoms with Crippen molar-refractivity contribution in [3.05, 3.63) is 58.9 Å². The lowest BCUT2D eigenvalue weighted by Gasteiger charge is -2.20. The number of pyridine rings is 1. The smallest absolute Gasteiger partial charge is 0.408 e. The molecule has 32 heavy (non-hydrogen) atoms. The number of aliphatic hydroxyl groups is 1. The number of amides is 2. The van der Waals surface area contributed by atoms with Gasteiger partial charge in [-0.1, -0.05) is 19.9 Å². The zero-order chi connectivity index (χ0) is 23.5. The zero-order valence-electron chi connectivity index (χ0n) is 18.0. The topological polar surface area (TPSA) is 137 Å². The van der Waals surface area contributed by atoms with Crippen LogP contribution in [-0.4, -0.2) is 52.9 Å². The first kappa shape index (κ1) is 23.7. The summed E-state index contributed by atoms with van der Waals surface area (Å²) >= 11 is 0. The number of benzene rings is 1. The number of nitrogens with zero attached hydrogens (tertiary/aromatic N) is 2. The van der Waals surface area contributed by atoms with Crippen LogP contribution < -0.4 is 5.32 Å². The lowest BCUT2D eigenvalue weighted by atomic mass is 10.00. The number of hydrogen-bond donors (Lipinski definition) is 3. The van der Waals surface area contributed by atoms with Gasteiger partial charge in [-0.25, -0.2) is 13.2 Å². The molecular weight excluding hydrogens is 434 g/mol. The molecule has 2 atom stereocenters. The molecule has 9 nitrogen and oxygen atoms in total. The normalized spacial score (nSPS) is 16.5. The van der Waals surface area contributed by atoms with Crippen molar-refractivity contribution in [3.8, 4) is 0 Å². The van der Waals surface area contributed by atoms with Gasteiger partial charge < -0.3 is 15.5 Å². The van der Waals surface area contributed by atoms with Crippen LogP contribution >= 0.6 is 0 Å². The summed E-state index contributed by atoms with van der Waals surface area (Å²) in [5.74, 6) is -0.429. The van der Waals surface area contributed by atoms with Gasteiger partial charge in [-0.15, -0.1) is 0 Å². The monoisotopic (exact) mass is 461 g/mol. The number of carbonyl (C=O) groups excluding carboxylic acids is 1. The van der Waals surface area contributed by atoms with E-state index in [4.69, 9.17) is 0 Å². The molecule has 3 rings (SSSR count). The molecular formula is C22H27N3O6S. The van der Waals surface area contributed by atoms with Crippen LogP contribution in [0.3, 0.4) is 0 Å². The van der Waals surface area contributed by atoms with Crippen molar-refractivity contribution in [2.75, 3.05) is 12.4 Å². The quantitative estimate of drug-likeness (QED) is 0.550. The number of hydrogen-bond acceptors (Lipinski definition) is 6. The Morgan fingerprint density at radius 1 is 1.25 bits per heavy atom. The summed E-state index contributed by atoms with van der Waals surface area (Å²) in [4.78, 5) is 30.1. The highest BCUT2D eigenvalue weighted by molar-refractivity contribution is 7.91. The zero-order valence-corrected chi connectivity index (χ0v) is 18.8. The van der Waals surface area contributed by atoms with Gasteiger partial charge in [-0.2, -0.15) is 0 Å². The van der Waals surface area contributed by atoms with E-state index < -0.39 is 22.0 Å². The molecule has 1 aromatic heterocycles. The van der Waals surface area contributed by atoms with Crippen molar-refractivity contribution in [1.29, 1.82) is 0 Å². The fraction of sp³-hybridized carbons (Fsp3) is 0.409. The molecule has 0 fully saturated rings. The summed E-state index contributed by atoms with van der Waals surface area (Å²) in [6.45, 7) is 3.49. The number of sulfone groups is 1. The predicted octanol–water partition coefficient (Wildman–Crippen LogP) is 2.67. The summed E-state index contributed by atoms with van der Waals surface area (Å²) in [6, 6.07) is 7.26. The lowest BCUT2D eigenvalue weighted by Crippen LogP contribution is -2.30. The predicted molar refractivity (Wildman–Crippen MR) is 117 cm³/mol. The van der Waals surface area contributed by atoms with Crippen LogP contribution in [0.15, 0.2) is 41.4 Å². The first-order valence-corrected chi connectivity index (χ1v) is 12.1. The molecule has 0 aliphatic carbocycles. The Labute approximate surface area is 187 Å². The van der Waals surface area contributed by atoms with Gasteiger partial charge in [0.25, 0.3) is 5.91 Å². The molecule has 0 saturated carbocycles. The minimum absolute atomic E-state index is 0.0403. The van der Waals surface area contributed by atoms with Crippen LogP contribution in [0.25, 0.3) is 0 Å². The second-order valence-corrected chi connectivity index (χ2v) is 9.89. The molecule has 2 aromatic rings. The first-order valence-electron chi connectivity index (χ1n) is 10.4. The van der Waals surface area contributed by atoms with Crippen molar-refractivity contribution in [2.45, 2.75) is 50.2 Å². The first-order chi connectivity index (χ1) is 15.2. The highest BCUT2D eigenvalue weighted by Crippen LogP contribution is 2.36. The third-order valence-electron chi connectivity index (χ3n) is 5.69. The maximum atomic E-state index is 12.9. The minimum atomic E-state index is -3.39. The molecule has 0 bridgehead atoms. The average Bonchev–Trinajstić information content (AvgIpc) is 3.17. The molecule has 0 radical (unpaired) electrons. The second kappa shape index (κ2) is 9.66. The van der Waals surface area contributed by atoms with E-state index in [1.54, 1.807) is 25.1 Å². The standard InChI is InChI=1S/C22H27N3O6S/c1-3-20-17-7-5-14(11-15(17)13-25(20)22(28)29)21(27)24-19(9-10-26)18-8-6-16(12-23-18)32(30,31)4-2/h5-8,11-12,19-20,26H,3-4,9-10,13H2,1-2H3,(H,24,27)(H,28,29)/t19-,20-/m0/s1. The fourth-order valence-corrected chi connectivity index (χ4v) is 4.75. The summed E-state index contributed by atoms with van der Waals surface area (Å²) in [5, 5.41) is 21.7. The molecule has 0 unspecified atom stereocenters. The number of aromatic nitrogens is 1. The Hall–Kier alpha value is -2.98. The van der Waals surface area contributed by atoms with Gasteiger partial charge in [0.2, 0.25) is 0 Å². The molecule has 10 heteroatoms. The van der Waals surface area contributed by atoms with E-state index in [0.717, 1.165) is 11.1 Å². The molecule has 1 aliphatic rings. The van der Waals surface area contributed by atoms with Gasteiger partial charge in [0.1, 0.15) is 0 Å². The molecule has 2 heterocycles. The van der Waals surface area contributed by atoms with E-state index in [-0.39, 0.29) is 42.2 Å². The SMILES string of the molecule is CC[C@H]1c2ccc(C(=O)N[C@@H](CCO)c3ccc(S(=O)(=O)CC)cn3)cc2CN1C(=O)O. The van der Waals surface area contributed by atoms with Gasteiger partial charge in [0, 0.05) is 24.9 Å². The maximum Gasteiger partial charge on any atom is 0.408 e. The molecule has 172 valence electrons. The van der Waals surface area contributed by atoms with E-state index in [9.17, 15) is 28.2 Å². The van der Waals surface area contributed by atoms with Crippen LogP contribution in [0.2, 0.25) is 0 Å². The summed E-state index contributed by atoms with van der Waals surface area (Å²) in [5.41, 5.74) is 2.50. The number of fused-ring (bicyclic) bond motifs is 1. The van der Waals surface area contributed by atoms with Crippen molar-refractivity contribution < 1.29 is 28.2 Å². The van der Waals surface area contributed by atoms with Crippen LogP contribution in [0.5, 0.6) is 0 Å². The molecule has 3 N–H and O–H groups in total. The maximum absolute atomic E-state index is 12.9. The van der Waals surface area contributed by atoms with Gasteiger partial charge in [0.15, 0.2) is 9.84 Å². The van der Waals surface area contributed by atoms with Crippen LogP contribution in [0.1, 0.15) is 66.0 Å². The summed E-state index contributed by atoms with van der Waals surface area (Å²) < 4.78 is 24.0. The molecule has 0 saturated heterocycles. The van der Waals surface area contributed by atoms with Gasteiger partial charge in [0.05, 0.1) is 28.4 Å². The Kier molecular flexibility index (Phi) is 7.15. The highest BCUT2D eigenvalue weighted by Gasteiger charge is 2.32. The van der Waals surface area contributed by atoms with Gasteiger partial charge in [-0.05, 0) is 48.2 Å².